The predicted molar refractivity (Wildman–Crippen MR) is 103 cm³/mol. The van der Waals surface area contributed by atoms with Gasteiger partial charge in [-0.05, 0) is 35.7 Å². The average molecular weight is 359 g/mol. The molecule has 4 rings (SSSR count). The maximum absolute atomic E-state index is 13.0. The Morgan fingerprint density at radius 1 is 1.11 bits per heavy atom. The Bertz CT molecular complexity index is 1120. The second-order valence-electron chi connectivity index (χ2n) is 6.24. The number of nitrogens with one attached hydrogen (secondary N) is 2. The van der Waals surface area contributed by atoms with Crippen molar-refractivity contribution in [1.82, 2.24) is 9.97 Å². The van der Waals surface area contributed by atoms with E-state index in [0.717, 1.165) is 11.1 Å². The number of anilines is 1. The molecule has 0 fully saturated rings. The Morgan fingerprint density at radius 2 is 1.96 bits per heavy atom. The third-order valence-electron chi connectivity index (χ3n) is 4.37. The lowest BCUT2D eigenvalue weighted by Gasteiger charge is -2.17. The van der Waals surface area contributed by atoms with Gasteiger partial charge in [0.25, 0.3) is 0 Å². The van der Waals surface area contributed by atoms with Crippen molar-refractivity contribution in [2.24, 2.45) is 0 Å². The zero-order valence-corrected chi connectivity index (χ0v) is 14.4. The van der Waals surface area contributed by atoms with Gasteiger partial charge < -0.3 is 9.73 Å². The van der Waals surface area contributed by atoms with Crippen molar-refractivity contribution < 1.29 is 9.21 Å². The second kappa shape index (κ2) is 7.29. The first-order chi connectivity index (χ1) is 13.2. The number of rotatable bonds is 5. The topological polar surface area (TPSA) is 88.0 Å². The molecule has 2 N–H and O–H groups in total. The van der Waals surface area contributed by atoms with Crippen LogP contribution in [0.1, 0.15) is 17.0 Å². The van der Waals surface area contributed by atoms with Gasteiger partial charge in [-0.1, -0.05) is 36.4 Å². The van der Waals surface area contributed by atoms with Crippen LogP contribution in [0.5, 0.6) is 0 Å². The molecule has 0 radical (unpaired) electrons. The monoisotopic (exact) mass is 359 g/mol. The highest BCUT2D eigenvalue weighted by atomic mass is 16.4. The Balaban J connectivity index is 1.61. The lowest BCUT2D eigenvalue weighted by Crippen LogP contribution is -2.23. The number of H-pyrrole nitrogens is 1. The van der Waals surface area contributed by atoms with Crippen molar-refractivity contribution in [2.45, 2.75) is 12.3 Å². The summed E-state index contributed by atoms with van der Waals surface area (Å²) < 4.78 is 5.06. The highest BCUT2D eigenvalue weighted by Gasteiger charge is 2.21. The molecule has 0 aliphatic heterocycles. The number of hydrogen-bond donors (Lipinski definition) is 2. The molecular weight excluding hydrogens is 342 g/mol. The zero-order chi connectivity index (χ0) is 18.6. The molecule has 0 aliphatic rings. The maximum atomic E-state index is 13.0. The van der Waals surface area contributed by atoms with Crippen molar-refractivity contribution >= 4 is 22.7 Å². The lowest BCUT2D eigenvalue weighted by atomic mass is 9.91. The van der Waals surface area contributed by atoms with E-state index in [-0.39, 0.29) is 11.8 Å². The summed E-state index contributed by atoms with van der Waals surface area (Å²) in [5, 5.41) is 2.93. The first kappa shape index (κ1) is 16.8. The number of aromatic amines is 1. The average Bonchev–Trinajstić information content (AvgIpc) is 3.07. The minimum Gasteiger partial charge on any atom is -0.408 e. The fourth-order valence-electron chi connectivity index (χ4n) is 3.05. The number of pyridine rings is 1. The van der Waals surface area contributed by atoms with Crippen LogP contribution in [-0.2, 0) is 11.2 Å². The molecule has 2 aromatic carbocycles. The minimum absolute atomic E-state index is 0.137. The Kier molecular flexibility index (Phi) is 4.53. The van der Waals surface area contributed by atoms with Crippen LogP contribution in [0.4, 0.5) is 5.69 Å². The van der Waals surface area contributed by atoms with Crippen LogP contribution < -0.4 is 11.1 Å². The SMILES string of the molecule is O=C(Nc1ccc2[nH]c(=O)oc2c1)C(Cc1cccnc1)c1ccccc1. The highest BCUT2D eigenvalue weighted by Crippen LogP contribution is 2.24. The van der Waals surface area contributed by atoms with Crippen molar-refractivity contribution in [3.05, 3.63) is 94.7 Å². The Morgan fingerprint density at radius 3 is 2.74 bits per heavy atom. The number of carbonyl (C=O) groups excluding carboxylic acids is 1. The van der Waals surface area contributed by atoms with Crippen molar-refractivity contribution in [2.75, 3.05) is 5.32 Å². The van der Waals surface area contributed by atoms with Gasteiger partial charge in [-0.15, -0.1) is 0 Å². The molecule has 1 unspecified atom stereocenters. The van der Waals surface area contributed by atoms with Crippen molar-refractivity contribution in [3.63, 3.8) is 0 Å². The third kappa shape index (κ3) is 3.79. The van der Waals surface area contributed by atoms with E-state index in [1.165, 1.54) is 0 Å². The van der Waals surface area contributed by atoms with Crippen LogP contribution in [0.25, 0.3) is 11.1 Å². The standard InChI is InChI=1S/C21H17N3O3/c25-20(23-16-8-9-18-19(12-16)27-21(26)24-18)17(15-6-2-1-3-7-15)11-14-5-4-10-22-13-14/h1-10,12-13,17H,11H2,(H,23,25)(H,24,26). The van der Waals surface area contributed by atoms with Crippen molar-refractivity contribution in [1.29, 1.82) is 0 Å². The molecule has 0 bridgehead atoms. The van der Waals surface area contributed by atoms with E-state index < -0.39 is 5.76 Å². The van der Waals surface area contributed by atoms with Crippen LogP contribution >= 0.6 is 0 Å². The summed E-state index contributed by atoms with van der Waals surface area (Å²) in [5.41, 5.74) is 3.47. The molecule has 6 nitrogen and oxygen atoms in total. The van der Waals surface area contributed by atoms with Gasteiger partial charge in [-0.25, -0.2) is 4.79 Å². The van der Waals surface area contributed by atoms with Crippen molar-refractivity contribution in [3.8, 4) is 0 Å². The number of benzene rings is 2. The van der Waals surface area contributed by atoms with E-state index >= 15 is 0 Å². The first-order valence-electron chi connectivity index (χ1n) is 8.56. The van der Waals surface area contributed by atoms with E-state index in [2.05, 4.69) is 15.3 Å². The molecule has 0 saturated carbocycles. The highest BCUT2D eigenvalue weighted by molar-refractivity contribution is 5.97. The van der Waals surface area contributed by atoms with Crippen LogP contribution in [0, 0.1) is 0 Å². The molecular formula is C21H17N3O3. The van der Waals surface area contributed by atoms with Gasteiger partial charge in [-0.3, -0.25) is 14.8 Å². The van der Waals surface area contributed by atoms with E-state index in [1.807, 2.05) is 42.5 Å². The number of hydrogen-bond acceptors (Lipinski definition) is 4. The van der Waals surface area contributed by atoms with Gasteiger partial charge in [0, 0.05) is 24.1 Å². The summed E-state index contributed by atoms with van der Waals surface area (Å²) in [6.45, 7) is 0. The summed E-state index contributed by atoms with van der Waals surface area (Å²) >= 11 is 0. The molecule has 27 heavy (non-hydrogen) atoms. The van der Waals surface area contributed by atoms with Gasteiger partial charge in [-0.2, -0.15) is 0 Å². The largest absolute Gasteiger partial charge is 0.417 e. The number of carbonyl (C=O) groups is 1. The van der Waals surface area contributed by atoms with Gasteiger partial charge in [0.1, 0.15) is 0 Å². The lowest BCUT2D eigenvalue weighted by molar-refractivity contribution is -0.117. The summed E-state index contributed by atoms with van der Waals surface area (Å²) in [6, 6.07) is 18.5. The number of fused-ring (bicyclic) bond motifs is 1. The first-order valence-corrected chi connectivity index (χ1v) is 8.56. The molecule has 0 spiro atoms. The molecule has 2 aromatic heterocycles. The summed E-state index contributed by atoms with van der Waals surface area (Å²) in [4.78, 5) is 31.0. The normalized spacial score (nSPS) is 12.0. The van der Waals surface area contributed by atoms with Gasteiger partial charge >= 0.3 is 5.76 Å². The van der Waals surface area contributed by atoms with E-state index in [4.69, 9.17) is 4.42 Å². The van der Waals surface area contributed by atoms with E-state index in [1.54, 1.807) is 30.6 Å². The zero-order valence-electron chi connectivity index (χ0n) is 14.4. The van der Waals surface area contributed by atoms with Crippen LogP contribution in [0.2, 0.25) is 0 Å². The summed E-state index contributed by atoms with van der Waals surface area (Å²) in [5.74, 6) is -1.03. The molecule has 6 heteroatoms. The van der Waals surface area contributed by atoms with Crippen LogP contribution in [0.3, 0.4) is 0 Å². The van der Waals surface area contributed by atoms with Crippen LogP contribution in [-0.4, -0.2) is 15.9 Å². The maximum Gasteiger partial charge on any atom is 0.417 e. The number of aromatic nitrogens is 2. The Labute approximate surface area is 154 Å². The number of oxazole rings is 1. The molecule has 4 aromatic rings. The second-order valence-corrected chi connectivity index (χ2v) is 6.24. The smallest absolute Gasteiger partial charge is 0.408 e. The predicted octanol–water partition coefficient (Wildman–Crippen LogP) is 3.48. The van der Waals surface area contributed by atoms with E-state index in [0.29, 0.717) is 23.2 Å². The molecule has 1 atom stereocenters. The summed E-state index contributed by atoms with van der Waals surface area (Å²) in [6.07, 6.45) is 4.01. The minimum atomic E-state index is -0.521. The summed E-state index contributed by atoms with van der Waals surface area (Å²) in [7, 11) is 0. The molecule has 0 saturated heterocycles. The molecule has 1 amide bonds. The van der Waals surface area contributed by atoms with Crippen LogP contribution in [0.15, 0.2) is 82.3 Å². The molecule has 134 valence electrons. The molecule has 2 heterocycles. The quantitative estimate of drug-likeness (QED) is 0.571. The fraction of sp³-hybridized carbons (Fsp3) is 0.0952. The number of amides is 1. The van der Waals surface area contributed by atoms with Gasteiger partial charge in [0.05, 0.1) is 11.4 Å². The third-order valence-corrected chi connectivity index (χ3v) is 4.37. The Hall–Kier alpha value is -3.67. The number of nitrogens with zero attached hydrogens (tertiary/aromatic N) is 1. The molecule has 0 aliphatic carbocycles. The fourth-order valence-corrected chi connectivity index (χ4v) is 3.05. The van der Waals surface area contributed by atoms with Gasteiger partial charge in [0.15, 0.2) is 5.58 Å². The van der Waals surface area contributed by atoms with E-state index in [9.17, 15) is 9.59 Å². The van der Waals surface area contributed by atoms with Gasteiger partial charge in [0.2, 0.25) is 5.91 Å².